The van der Waals surface area contributed by atoms with Crippen LogP contribution in [-0.4, -0.2) is 42.0 Å². The minimum Gasteiger partial charge on any atom is -0.497 e. The number of methoxy groups -OCH3 is 1. The molecule has 1 heterocycles. The number of benzene rings is 3. The Morgan fingerprint density at radius 3 is 2.20 bits per heavy atom. The summed E-state index contributed by atoms with van der Waals surface area (Å²) in [5.74, 6) is -0.609. The van der Waals surface area contributed by atoms with Gasteiger partial charge in [-0.25, -0.2) is 5.43 Å². The van der Waals surface area contributed by atoms with Gasteiger partial charge in [0, 0.05) is 16.5 Å². The van der Waals surface area contributed by atoms with Crippen LogP contribution in [0.15, 0.2) is 53.6 Å². The van der Waals surface area contributed by atoms with Gasteiger partial charge in [0.15, 0.2) is 0 Å². The predicted molar refractivity (Wildman–Crippen MR) is 134 cm³/mol. The van der Waals surface area contributed by atoms with Gasteiger partial charge in [0.1, 0.15) is 11.8 Å². The van der Waals surface area contributed by atoms with Crippen LogP contribution in [-0.2, 0) is 17.6 Å². The van der Waals surface area contributed by atoms with Gasteiger partial charge in [0.2, 0.25) is 0 Å². The summed E-state index contributed by atoms with van der Waals surface area (Å²) in [6.07, 6.45) is 5.23. The van der Waals surface area contributed by atoms with Crippen molar-refractivity contribution < 1.29 is 19.1 Å². The molecule has 3 aromatic rings. The third kappa shape index (κ3) is 3.97. The van der Waals surface area contributed by atoms with Crippen molar-refractivity contribution in [3.05, 3.63) is 76.3 Å². The molecule has 7 nitrogen and oxygen atoms in total. The summed E-state index contributed by atoms with van der Waals surface area (Å²) in [5, 5.41) is 5.83. The molecule has 0 spiro atoms. The Labute approximate surface area is 203 Å². The van der Waals surface area contributed by atoms with Crippen LogP contribution < -0.4 is 10.2 Å². The number of hydrogen-bond donors (Lipinski definition) is 1. The highest BCUT2D eigenvalue weighted by Gasteiger charge is 2.41. The van der Waals surface area contributed by atoms with Gasteiger partial charge in [0.25, 0.3) is 17.7 Å². The molecular weight excluding hydrogens is 442 g/mol. The Morgan fingerprint density at radius 1 is 1.00 bits per heavy atom. The topological polar surface area (TPSA) is 88.1 Å². The molecule has 0 aromatic heterocycles. The van der Waals surface area contributed by atoms with Gasteiger partial charge >= 0.3 is 0 Å². The van der Waals surface area contributed by atoms with Gasteiger partial charge in [-0.15, -0.1) is 0 Å². The van der Waals surface area contributed by atoms with Gasteiger partial charge < -0.3 is 4.74 Å². The molecule has 0 unspecified atom stereocenters. The lowest BCUT2D eigenvalue weighted by Crippen LogP contribution is -2.53. The minimum absolute atomic E-state index is 0.368. The van der Waals surface area contributed by atoms with Gasteiger partial charge in [-0.05, 0) is 77.7 Å². The number of hydrogen-bond acceptors (Lipinski definition) is 5. The summed E-state index contributed by atoms with van der Waals surface area (Å²) >= 11 is 0. The van der Waals surface area contributed by atoms with Crippen molar-refractivity contribution in [2.45, 2.75) is 45.1 Å². The van der Waals surface area contributed by atoms with E-state index in [1.807, 2.05) is 31.2 Å². The summed E-state index contributed by atoms with van der Waals surface area (Å²) < 4.78 is 5.15. The van der Waals surface area contributed by atoms with Crippen LogP contribution in [0.4, 0.5) is 0 Å². The fourth-order valence-electron chi connectivity index (χ4n) is 5.03. The number of unbranched alkanes of at least 4 members (excludes halogenated alkanes) is 1. The van der Waals surface area contributed by atoms with Crippen molar-refractivity contribution in [1.29, 1.82) is 0 Å². The maximum atomic E-state index is 13.6. The van der Waals surface area contributed by atoms with Crippen LogP contribution in [0.5, 0.6) is 5.75 Å². The van der Waals surface area contributed by atoms with Crippen LogP contribution in [0.3, 0.4) is 0 Å². The normalized spacial score (nSPS) is 15.2. The summed E-state index contributed by atoms with van der Waals surface area (Å²) in [4.78, 5) is 41.5. The molecular formula is C28H27N3O4. The van der Waals surface area contributed by atoms with E-state index in [0.717, 1.165) is 46.2 Å². The Kier molecular flexibility index (Phi) is 6.07. The van der Waals surface area contributed by atoms with E-state index < -0.39 is 23.8 Å². The number of rotatable bonds is 8. The molecule has 3 amide bonds. The summed E-state index contributed by atoms with van der Waals surface area (Å²) in [5.41, 5.74) is 6.62. The third-order valence-corrected chi connectivity index (χ3v) is 6.84. The first kappa shape index (κ1) is 22.8. The molecule has 0 saturated heterocycles. The summed E-state index contributed by atoms with van der Waals surface area (Å²) in [6, 6.07) is 13.8. The maximum absolute atomic E-state index is 13.6. The van der Waals surface area contributed by atoms with Crippen molar-refractivity contribution in [3.63, 3.8) is 0 Å². The van der Waals surface area contributed by atoms with E-state index in [1.165, 1.54) is 17.3 Å². The lowest BCUT2D eigenvalue weighted by molar-refractivity contribution is -0.125. The van der Waals surface area contributed by atoms with Crippen molar-refractivity contribution in [2.75, 3.05) is 7.11 Å². The minimum atomic E-state index is -0.948. The predicted octanol–water partition coefficient (Wildman–Crippen LogP) is 4.25. The summed E-state index contributed by atoms with van der Waals surface area (Å²) in [7, 11) is 1.59. The first-order chi connectivity index (χ1) is 17.0. The number of nitrogens with zero attached hydrogens (tertiary/aromatic N) is 2. The second-order valence-electron chi connectivity index (χ2n) is 8.94. The zero-order valence-corrected chi connectivity index (χ0v) is 19.8. The average Bonchev–Trinajstić information content (AvgIpc) is 3.31. The fourth-order valence-corrected chi connectivity index (χ4v) is 5.03. The number of imide groups is 1. The van der Waals surface area contributed by atoms with Crippen LogP contribution in [0, 0.1) is 0 Å². The maximum Gasteiger partial charge on any atom is 0.263 e. The lowest BCUT2D eigenvalue weighted by Gasteiger charge is -2.33. The molecule has 1 N–H and O–H groups in total. The van der Waals surface area contributed by atoms with E-state index in [9.17, 15) is 14.4 Å². The molecule has 0 radical (unpaired) electrons. The fraction of sp³-hybridized carbons (Fsp3) is 0.286. The van der Waals surface area contributed by atoms with Gasteiger partial charge in [-0.3, -0.25) is 19.3 Å². The largest absolute Gasteiger partial charge is 0.497 e. The first-order valence-corrected chi connectivity index (χ1v) is 12.0. The Balaban J connectivity index is 1.43. The standard InChI is InChI=1S/C28H27N3O4/c1-3-4-5-23(26(32)30-29-16-17-6-12-20(35-2)13-7-17)31-27(33)21-14-10-18-8-9-19-11-15-22(28(31)34)25(21)24(18)19/h6-7,10-16,23H,3-5,8-9H2,1-2H3,(H,30,32)/b29-16-/t23-/m1/s1. The number of carbonyl (C=O) groups is 3. The highest BCUT2D eigenvalue weighted by molar-refractivity contribution is 6.27. The number of hydrazone groups is 1. The van der Waals surface area contributed by atoms with Crippen molar-refractivity contribution >= 4 is 34.7 Å². The van der Waals surface area contributed by atoms with Crippen LogP contribution in [0.25, 0.3) is 10.8 Å². The summed E-state index contributed by atoms with van der Waals surface area (Å²) in [6.45, 7) is 2.01. The van der Waals surface area contributed by atoms with E-state index in [-0.39, 0.29) is 0 Å². The van der Waals surface area contributed by atoms with Crippen molar-refractivity contribution in [2.24, 2.45) is 5.10 Å². The molecule has 7 heteroatoms. The monoisotopic (exact) mass is 469 g/mol. The van der Waals surface area contributed by atoms with Crippen molar-refractivity contribution in [1.82, 2.24) is 10.3 Å². The molecule has 35 heavy (non-hydrogen) atoms. The lowest BCUT2D eigenvalue weighted by atomic mass is 9.90. The smallest absolute Gasteiger partial charge is 0.263 e. The first-order valence-electron chi connectivity index (χ1n) is 12.0. The molecule has 1 aliphatic carbocycles. The quantitative estimate of drug-likeness (QED) is 0.303. The number of aryl methyl sites for hydroxylation is 2. The van der Waals surface area contributed by atoms with Crippen LogP contribution >= 0.6 is 0 Å². The van der Waals surface area contributed by atoms with E-state index in [2.05, 4.69) is 10.5 Å². The second-order valence-corrected chi connectivity index (χ2v) is 8.94. The number of nitrogens with one attached hydrogen (secondary N) is 1. The van der Waals surface area contributed by atoms with Gasteiger partial charge in [-0.2, -0.15) is 5.10 Å². The second kappa shape index (κ2) is 9.33. The molecule has 5 rings (SSSR count). The van der Waals surface area contributed by atoms with E-state index >= 15 is 0 Å². The number of ether oxygens (including phenoxy) is 1. The Hall–Kier alpha value is -4.00. The van der Waals surface area contributed by atoms with Gasteiger partial charge in [0.05, 0.1) is 13.3 Å². The number of amides is 3. The van der Waals surface area contributed by atoms with E-state index in [0.29, 0.717) is 24.0 Å². The molecule has 178 valence electrons. The van der Waals surface area contributed by atoms with Crippen LogP contribution in [0.1, 0.15) is 63.6 Å². The Morgan fingerprint density at radius 2 is 1.63 bits per heavy atom. The molecule has 0 bridgehead atoms. The SMILES string of the molecule is CCCC[C@H](C(=O)N/N=C\c1ccc(OC)cc1)N1C(=O)c2ccc3c4c(ccc(c24)C1=O)CC3. The molecule has 0 saturated carbocycles. The van der Waals surface area contributed by atoms with Crippen molar-refractivity contribution in [3.8, 4) is 5.75 Å². The molecule has 1 atom stereocenters. The van der Waals surface area contributed by atoms with Gasteiger partial charge in [-0.1, -0.05) is 31.9 Å². The molecule has 2 aliphatic rings. The number of carbonyl (C=O) groups excluding carboxylic acids is 3. The highest BCUT2D eigenvalue weighted by atomic mass is 16.5. The molecule has 0 fully saturated rings. The highest BCUT2D eigenvalue weighted by Crippen LogP contribution is 2.39. The molecule has 3 aromatic carbocycles. The Bertz CT molecular complexity index is 1300. The van der Waals surface area contributed by atoms with Crippen LogP contribution in [0.2, 0.25) is 0 Å². The van der Waals surface area contributed by atoms with E-state index in [1.54, 1.807) is 31.4 Å². The zero-order chi connectivity index (χ0) is 24.5. The third-order valence-electron chi connectivity index (χ3n) is 6.84. The van der Waals surface area contributed by atoms with E-state index in [4.69, 9.17) is 4.74 Å². The zero-order valence-electron chi connectivity index (χ0n) is 19.8. The molecule has 1 aliphatic heterocycles. The average molecular weight is 470 g/mol.